The van der Waals surface area contributed by atoms with Crippen molar-refractivity contribution < 1.29 is 15.3 Å². The lowest BCUT2D eigenvalue weighted by molar-refractivity contribution is -0.368. The summed E-state index contributed by atoms with van der Waals surface area (Å²) in [5.74, 6) is 0.737. The number of amides is 1. The maximum absolute atomic E-state index is 13.2. The predicted molar refractivity (Wildman–Crippen MR) is 119 cm³/mol. The highest BCUT2D eigenvalue weighted by molar-refractivity contribution is 5.78. The van der Waals surface area contributed by atoms with Crippen molar-refractivity contribution in [2.75, 3.05) is 26.8 Å². The first-order chi connectivity index (χ1) is 14.5. The number of carbonyl (C=O) groups excluding carboxylic acids is 1. The Labute approximate surface area is 179 Å². The van der Waals surface area contributed by atoms with Crippen LogP contribution in [-0.4, -0.2) is 47.2 Å². The summed E-state index contributed by atoms with van der Waals surface area (Å²) >= 11 is 0. The van der Waals surface area contributed by atoms with Gasteiger partial charge in [-0.05, 0) is 44.7 Å². The number of rotatable bonds is 13. The fraction of sp³-hybridized carbons (Fsp3) is 0.609. The highest BCUT2D eigenvalue weighted by atomic mass is 16.5. The molecule has 0 radical (unpaired) electrons. The number of quaternary nitrogens is 1. The molecule has 0 spiro atoms. The average Bonchev–Trinajstić information content (AvgIpc) is 2.75. The molecule has 0 unspecified atom stereocenters. The van der Waals surface area contributed by atoms with Crippen molar-refractivity contribution in [3.05, 3.63) is 40.4 Å². The maximum Gasteiger partial charge on any atom is 0.261 e. The first-order valence-corrected chi connectivity index (χ1v) is 11.1. The maximum atomic E-state index is 13.2. The monoisotopic (exact) mass is 417 g/mol. The summed E-state index contributed by atoms with van der Waals surface area (Å²) in [5.41, 5.74) is 4.47. The molecule has 0 aliphatic rings. The largest absolute Gasteiger partial charge is 0.383 e. The van der Waals surface area contributed by atoms with Crippen LogP contribution in [-0.2, 0) is 16.1 Å². The van der Waals surface area contributed by atoms with Gasteiger partial charge in [-0.3, -0.25) is 14.2 Å². The second kappa shape index (κ2) is 12.4. The summed E-state index contributed by atoms with van der Waals surface area (Å²) in [6, 6.07) is 7.09. The van der Waals surface area contributed by atoms with Crippen LogP contribution in [0.1, 0.15) is 64.2 Å². The molecule has 0 aliphatic carbocycles. The van der Waals surface area contributed by atoms with Gasteiger partial charge in [-0.1, -0.05) is 25.5 Å². The Kier molecular flexibility index (Phi) is 9.97. The van der Waals surface area contributed by atoms with Gasteiger partial charge in [0.25, 0.3) is 5.56 Å². The first-order valence-electron chi connectivity index (χ1n) is 11.1. The third-order valence-electron chi connectivity index (χ3n) is 5.43. The molecule has 1 aromatic carbocycles. The molecule has 30 heavy (non-hydrogen) atoms. The molecule has 3 N–H and O–H groups in total. The zero-order valence-corrected chi connectivity index (χ0v) is 18.7. The lowest BCUT2D eigenvalue weighted by Crippen LogP contribution is -2.50. The molecule has 0 saturated carbocycles. The Morgan fingerprint density at radius 1 is 1.23 bits per heavy atom. The minimum absolute atomic E-state index is 0.0853. The fourth-order valence-electron chi connectivity index (χ4n) is 3.75. The molecule has 1 aromatic heterocycles. The van der Waals surface area contributed by atoms with E-state index in [0.717, 1.165) is 38.6 Å². The first kappa shape index (κ1) is 24.0. The van der Waals surface area contributed by atoms with Crippen LogP contribution in [0.2, 0.25) is 0 Å². The van der Waals surface area contributed by atoms with Gasteiger partial charge in [-0.2, -0.15) is 0 Å². The Balaban J connectivity index is 2.39. The number of nitrogens with zero attached hydrogens (tertiary/aromatic N) is 3. The van der Waals surface area contributed by atoms with Gasteiger partial charge >= 0.3 is 0 Å². The van der Waals surface area contributed by atoms with E-state index in [1.54, 1.807) is 17.7 Å². The van der Waals surface area contributed by atoms with Crippen LogP contribution in [0.15, 0.2) is 29.1 Å². The normalized spacial score (nSPS) is 12.3. The SMILES string of the molecule is CCCC(=O)N(CCCCCC[NH3+])[C@@H](C)c1nc2ccccc2c(=O)n1CCOC. The van der Waals surface area contributed by atoms with Gasteiger partial charge in [-0.25, -0.2) is 4.98 Å². The molecule has 2 aromatic rings. The molecular weight excluding hydrogens is 380 g/mol. The lowest BCUT2D eigenvalue weighted by Gasteiger charge is -2.30. The van der Waals surface area contributed by atoms with Crippen LogP contribution in [0, 0.1) is 0 Å². The summed E-state index contributed by atoms with van der Waals surface area (Å²) in [7, 11) is 1.62. The molecule has 1 amide bonds. The van der Waals surface area contributed by atoms with Crippen LogP contribution in [0.4, 0.5) is 0 Å². The van der Waals surface area contributed by atoms with Crippen LogP contribution < -0.4 is 11.3 Å². The third-order valence-corrected chi connectivity index (χ3v) is 5.43. The average molecular weight is 418 g/mol. The number of aromatic nitrogens is 2. The van der Waals surface area contributed by atoms with E-state index in [0.29, 0.717) is 42.8 Å². The lowest BCUT2D eigenvalue weighted by atomic mass is 10.1. The standard InChI is InChI=1S/C23H36N4O3/c1-4-11-21(28)26(15-10-6-5-9-14-24)18(2)22-25-20-13-8-7-12-19(20)23(29)27(22)16-17-30-3/h7-8,12-13,18H,4-6,9-11,14-17,24H2,1-3H3/p+1/t18-/m0/s1. The Hall–Kier alpha value is -2.25. The number of unbranched alkanes of at least 4 members (excludes halogenated alkanes) is 3. The fourth-order valence-corrected chi connectivity index (χ4v) is 3.75. The smallest absolute Gasteiger partial charge is 0.261 e. The summed E-state index contributed by atoms with van der Waals surface area (Å²) in [6.45, 7) is 6.42. The molecule has 1 atom stereocenters. The van der Waals surface area contributed by atoms with Gasteiger partial charge < -0.3 is 15.4 Å². The van der Waals surface area contributed by atoms with E-state index >= 15 is 0 Å². The van der Waals surface area contributed by atoms with E-state index in [-0.39, 0.29) is 17.5 Å². The van der Waals surface area contributed by atoms with Crippen LogP contribution in [0.25, 0.3) is 10.9 Å². The number of benzene rings is 1. The highest BCUT2D eigenvalue weighted by Gasteiger charge is 2.25. The molecule has 0 bridgehead atoms. The molecular formula is C23H37N4O3+. The third kappa shape index (κ3) is 6.12. The van der Waals surface area contributed by atoms with Crippen molar-refractivity contribution in [2.24, 2.45) is 0 Å². The minimum atomic E-state index is -0.286. The molecule has 0 saturated heterocycles. The predicted octanol–water partition coefficient (Wildman–Crippen LogP) is 2.53. The van der Waals surface area contributed by atoms with Crippen molar-refractivity contribution >= 4 is 16.8 Å². The quantitative estimate of drug-likeness (QED) is 0.507. The van der Waals surface area contributed by atoms with Gasteiger partial charge in [-0.15, -0.1) is 0 Å². The van der Waals surface area contributed by atoms with Crippen LogP contribution >= 0.6 is 0 Å². The van der Waals surface area contributed by atoms with Crippen molar-refractivity contribution in [1.29, 1.82) is 0 Å². The van der Waals surface area contributed by atoms with Crippen molar-refractivity contribution in [2.45, 2.75) is 65.0 Å². The number of methoxy groups -OCH3 is 1. The number of ether oxygens (including phenoxy) is 1. The van der Waals surface area contributed by atoms with Crippen LogP contribution in [0.5, 0.6) is 0 Å². The van der Waals surface area contributed by atoms with Gasteiger partial charge in [0.1, 0.15) is 5.82 Å². The second-order valence-electron chi connectivity index (χ2n) is 7.72. The van der Waals surface area contributed by atoms with Gasteiger partial charge in [0.05, 0.1) is 36.6 Å². The summed E-state index contributed by atoms with van der Waals surface area (Å²) in [5, 5.41) is 0.587. The van der Waals surface area contributed by atoms with Crippen molar-refractivity contribution in [3.8, 4) is 0 Å². The van der Waals surface area contributed by atoms with Gasteiger partial charge in [0.2, 0.25) is 5.91 Å². The van der Waals surface area contributed by atoms with E-state index in [4.69, 9.17) is 9.72 Å². The minimum Gasteiger partial charge on any atom is -0.383 e. The molecule has 166 valence electrons. The second-order valence-corrected chi connectivity index (χ2v) is 7.72. The molecule has 0 aliphatic heterocycles. The molecule has 7 nitrogen and oxygen atoms in total. The van der Waals surface area contributed by atoms with E-state index < -0.39 is 0 Å². The Morgan fingerprint density at radius 2 is 1.97 bits per heavy atom. The van der Waals surface area contributed by atoms with Gasteiger partial charge in [0.15, 0.2) is 0 Å². The Bertz CT molecular complexity index is 865. The molecule has 2 rings (SSSR count). The highest BCUT2D eigenvalue weighted by Crippen LogP contribution is 2.22. The molecule has 7 heteroatoms. The number of hydrogen-bond donors (Lipinski definition) is 1. The zero-order valence-electron chi connectivity index (χ0n) is 18.7. The summed E-state index contributed by atoms with van der Waals surface area (Å²) in [6.07, 6.45) is 5.54. The zero-order chi connectivity index (χ0) is 21.9. The van der Waals surface area contributed by atoms with E-state index in [9.17, 15) is 9.59 Å². The Morgan fingerprint density at radius 3 is 2.67 bits per heavy atom. The van der Waals surface area contributed by atoms with E-state index in [2.05, 4.69) is 5.73 Å². The molecule has 1 heterocycles. The van der Waals surface area contributed by atoms with Gasteiger partial charge in [0, 0.05) is 20.1 Å². The molecule has 0 fully saturated rings. The van der Waals surface area contributed by atoms with Crippen LogP contribution in [0.3, 0.4) is 0 Å². The topological polar surface area (TPSA) is 92.1 Å². The van der Waals surface area contributed by atoms with Crippen molar-refractivity contribution in [1.82, 2.24) is 14.5 Å². The number of hydrogen-bond acceptors (Lipinski definition) is 4. The number of fused-ring (bicyclic) bond motifs is 1. The van der Waals surface area contributed by atoms with Crippen molar-refractivity contribution in [3.63, 3.8) is 0 Å². The van der Waals surface area contributed by atoms with E-state index in [1.807, 2.05) is 36.9 Å². The summed E-state index contributed by atoms with van der Waals surface area (Å²) in [4.78, 5) is 32.8. The van der Waals surface area contributed by atoms with E-state index in [1.165, 1.54) is 0 Å². The number of para-hydroxylation sites is 1. The summed E-state index contributed by atoms with van der Waals surface area (Å²) < 4.78 is 6.90. The number of carbonyl (C=O) groups is 1.